The van der Waals surface area contributed by atoms with Crippen molar-refractivity contribution in [3.05, 3.63) is 57.8 Å². The van der Waals surface area contributed by atoms with Crippen LogP contribution in [0.1, 0.15) is 20.8 Å². The molecule has 1 aromatic carbocycles. The fraction of sp³-hybridized carbons (Fsp3) is 0.294. The molecule has 3 rings (SSSR count). The number of rotatable bonds is 3. The van der Waals surface area contributed by atoms with Gasteiger partial charge < -0.3 is 4.90 Å². The summed E-state index contributed by atoms with van der Waals surface area (Å²) in [6, 6.07) is 13.2. The summed E-state index contributed by atoms with van der Waals surface area (Å²) >= 11 is 1.77. The number of carbonyl (C=O) groups excluding carboxylic acids is 1. The van der Waals surface area contributed by atoms with Crippen molar-refractivity contribution < 1.29 is 4.79 Å². The molecule has 2 aromatic rings. The maximum atomic E-state index is 12.5. The minimum atomic E-state index is 0.0212. The van der Waals surface area contributed by atoms with Crippen LogP contribution in [0.2, 0.25) is 0 Å². The third-order valence-electron chi connectivity index (χ3n) is 3.86. The number of nitrogens with zero attached hydrogens (tertiary/aromatic N) is 3. The fourth-order valence-electron chi connectivity index (χ4n) is 2.64. The Morgan fingerprint density at radius 3 is 2.68 bits per heavy atom. The van der Waals surface area contributed by atoms with Gasteiger partial charge in [-0.1, -0.05) is 12.1 Å². The monoisotopic (exact) mass is 311 g/mol. The van der Waals surface area contributed by atoms with Crippen molar-refractivity contribution in [2.45, 2.75) is 6.54 Å². The number of carbonyl (C=O) groups is 1. The van der Waals surface area contributed by atoms with Crippen molar-refractivity contribution in [2.24, 2.45) is 0 Å². The molecule has 0 unspecified atom stereocenters. The van der Waals surface area contributed by atoms with Gasteiger partial charge in [-0.15, -0.1) is 11.3 Å². The van der Waals surface area contributed by atoms with Gasteiger partial charge in [-0.05, 0) is 29.6 Å². The third kappa shape index (κ3) is 3.35. The zero-order valence-corrected chi connectivity index (χ0v) is 13.1. The number of hydrogen-bond acceptors (Lipinski definition) is 4. The number of thiophene rings is 1. The van der Waals surface area contributed by atoms with Crippen LogP contribution >= 0.6 is 11.3 Å². The van der Waals surface area contributed by atoms with E-state index in [0.29, 0.717) is 11.1 Å². The van der Waals surface area contributed by atoms with Crippen LogP contribution in [0.15, 0.2) is 41.8 Å². The zero-order valence-electron chi connectivity index (χ0n) is 12.2. The lowest BCUT2D eigenvalue weighted by atomic mass is 10.1. The van der Waals surface area contributed by atoms with Crippen molar-refractivity contribution in [3.8, 4) is 6.07 Å². The Morgan fingerprint density at radius 1 is 1.18 bits per heavy atom. The van der Waals surface area contributed by atoms with Crippen LogP contribution in [0.3, 0.4) is 0 Å². The Hall–Kier alpha value is -2.16. The summed E-state index contributed by atoms with van der Waals surface area (Å²) in [7, 11) is 0. The average molecular weight is 311 g/mol. The summed E-state index contributed by atoms with van der Waals surface area (Å²) in [5.74, 6) is 0.0212. The summed E-state index contributed by atoms with van der Waals surface area (Å²) in [6.45, 7) is 4.22. The highest BCUT2D eigenvalue weighted by Gasteiger charge is 2.22. The molecule has 0 N–H and O–H groups in total. The Labute approximate surface area is 134 Å². The summed E-state index contributed by atoms with van der Waals surface area (Å²) in [6.07, 6.45) is 0. The minimum Gasteiger partial charge on any atom is -0.336 e. The van der Waals surface area contributed by atoms with Crippen molar-refractivity contribution in [2.75, 3.05) is 26.2 Å². The molecule has 0 spiro atoms. The number of piperazine rings is 1. The lowest BCUT2D eigenvalue weighted by molar-refractivity contribution is 0.0629. The molecule has 1 aliphatic rings. The first-order valence-electron chi connectivity index (χ1n) is 7.30. The molecule has 1 amide bonds. The van der Waals surface area contributed by atoms with Crippen LogP contribution in [0.25, 0.3) is 0 Å². The molecule has 0 bridgehead atoms. The average Bonchev–Trinajstić information content (AvgIpc) is 3.08. The molecular weight excluding hydrogens is 294 g/mol. The van der Waals surface area contributed by atoms with E-state index in [1.54, 1.807) is 35.6 Å². The highest BCUT2D eigenvalue weighted by molar-refractivity contribution is 7.09. The fourth-order valence-corrected chi connectivity index (χ4v) is 3.38. The maximum Gasteiger partial charge on any atom is 0.253 e. The van der Waals surface area contributed by atoms with Gasteiger partial charge in [-0.2, -0.15) is 5.26 Å². The predicted molar refractivity (Wildman–Crippen MR) is 86.7 cm³/mol. The van der Waals surface area contributed by atoms with Crippen molar-refractivity contribution in [3.63, 3.8) is 0 Å². The molecule has 1 aromatic heterocycles. The highest BCUT2D eigenvalue weighted by Crippen LogP contribution is 2.15. The predicted octanol–water partition coefficient (Wildman–Crippen LogP) is 2.58. The van der Waals surface area contributed by atoms with Gasteiger partial charge in [0.05, 0.1) is 11.6 Å². The summed E-state index contributed by atoms with van der Waals surface area (Å²) in [5, 5.41) is 11.0. The molecule has 0 atom stereocenters. The van der Waals surface area contributed by atoms with Gasteiger partial charge in [-0.3, -0.25) is 9.69 Å². The van der Waals surface area contributed by atoms with E-state index in [0.717, 1.165) is 32.7 Å². The lowest BCUT2D eigenvalue weighted by Gasteiger charge is -2.34. The van der Waals surface area contributed by atoms with Gasteiger partial charge in [0, 0.05) is 43.2 Å². The second-order valence-electron chi connectivity index (χ2n) is 5.34. The van der Waals surface area contributed by atoms with E-state index in [4.69, 9.17) is 5.26 Å². The standard InChI is InChI=1S/C17H17N3OS/c18-12-14-3-1-4-15(11-14)17(21)20-8-6-19(7-9-20)13-16-5-2-10-22-16/h1-5,10-11H,6-9,13H2. The van der Waals surface area contributed by atoms with Gasteiger partial charge in [0.15, 0.2) is 0 Å². The first kappa shape index (κ1) is 14.8. The molecule has 1 saturated heterocycles. The minimum absolute atomic E-state index is 0.0212. The molecule has 1 fully saturated rings. The van der Waals surface area contributed by atoms with E-state index >= 15 is 0 Å². The first-order valence-corrected chi connectivity index (χ1v) is 8.18. The molecule has 0 aliphatic carbocycles. The maximum absolute atomic E-state index is 12.5. The largest absolute Gasteiger partial charge is 0.336 e. The first-order chi connectivity index (χ1) is 10.8. The molecule has 22 heavy (non-hydrogen) atoms. The zero-order chi connectivity index (χ0) is 15.4. The van der Waals surface area contributed by atoms with Crippen LogP contribution in [0.5, 0.6) is 0 Å². The molecule has 4 nitrogen and oxygen atoms in total. The van der Waals surface area contributed by atoms with E-state index < -0.39 is 0 Å². The molecular formula is C17H17N3OS. The van der Waals surface area contributed by atoms with Crippen LogP contribution in [0.4, 0.5) is 0 Å². The highest BCUT2D eigenvalue weighted by atomic mass is 32.1. The molecule has 112 valence electrons. The number of nitriles is 1. The SMILES string of the molecule is N#Cc1cccc(C(=O)N2CCN(Cc3cccs3)CC2)c1. The van der Waals surface area contributed by atoms with Crippen molar-refractivity contribution in [1.29, 1.82) is 5.26 Å². The van der Waals surface area contributed by atoms with E-state index in [1.807, 2.05) is 4.90 Å². The summed E-state index contributed by atoms with van der Waals surface area (Å²) in [5.41, 5.74) is 1.13. The smallest absolute Gasteiger partial charge is 0.253 e. The topological polar surface area (TPSA) is 47.3 Å². The third-order valence-corrected chi connectivity index (χ3v) is 4.72. The molecule has 5 heteroatoms. The summed E-state index contributed by atoms with van der Waals surface area (Å²) in [4.78, 5) is 18.1. The van der Waals surface area contributed by atoms with Gasteiger partial charge >= 0.3 is 0 Å². The Bertz CT molecular complexity index is 682. The van der Waals surface area contributed by atoms with E-state index in [-0.39, 0.29) is 5.91 Å². The van der Waals surface area contributed by atoms with Gasteiger partial charge in [0.1, 0.15) is 0 Å². The van der Waals surface area contributed by atoms with Crippen LogP contribution < -0.4 is 0 Å². The number of hydrogen-bond donors (Lipinski definition) is 0. The van der Waals surface area contributed by atoms with E-state index in [2.05, 4.69) is 28.5 Å². The number of benzene rings is 1. The van der Waals surface area contributed by atoms with Gasteiger partial charge in [0.2, 0.25) is 0 Å². The van der Waals surface area contributed by atoms with Crippen molar-refractivity contribution in [1.82, 2.24) is 9.80 Å². The summed E-state index contributed by atoms with van der Waals surface area (Å²) < 4.78 is 0. The molecule has 0 saturated carbocycles. The second-order valence-corrected chi connectivity index (χ2v) is 6.37. The Morgan fingerprint density at radius 2 is 2.00 bits per heavy atom. The Balaban J connectivity index is 1.58. The quantitative estimate of drug-likeness (QED) is 0.875. The van der Waals surface area contributed by atoms with Crippen LogP contribution in [-0.4, -0.2) is 41.9 Å². The molecule has 1 aliphatic heterocycles. The molecule has 0 radical (unpaired) electrons. The lowest BCUT2D eigenvalue weighted by Crippen LogP contribution is -2.48. The van der Waals surface area contributed by atoms with Crippen molar-refractivity contribution >= 4 is 17.2 Å². The van der Waals surface area contributed by atoms with E-state index in [1.165, 1.54) is 4.88 Å². The van der Waals surface area contributed by atoms with Crippen LogP contribution in [-0.2, 0) is 6.54 Å². The Kier molecular flexibility index (Phi) is 4.52. The molecule has 2 heterocycles. The number of amides is 1. The van der Waals surface area contributed by atoms with Gasteiger partial charge in [0.25, 0.3) is 5.91 Å². The van der Waals surface area contributed by atoms with Crippen LogP contribution in [0, 0.1) is 11.3 Å². The van der Waals surface area contributed by atoms with E-state index in [9.17, 15) is 4.79 Å². The second kappa shape index (κ2) is 6.73. The van der Waals surface area contributed by atoms with Gasteiger partial charge in [-0.25, -0.2) is 0 Å². The normalized spacial score (nSPS) is 15.5.